The van der Waals surface area contributed by atoms with Gasteiger partial charge in [-0.1, -0.05) is 154 Å². The molecule has 0 fully saturated rings. The zero-order valence-corrected chi connectivity index (χ0v) is 34.5. The van der Waals surface area contributed by atoms with E-state index >= 15 is 0 Å². The monoisotopic (exact) mass is 733 g/mol. The van der Waals surface area contributed by atoms with E-state index in [0.29, 0.717) is 24.1 Å². The third-order valence-electron chi connectivity index (χ3n) is 9.08. The summed E-state index contributed by atoms with van der Waals surface area (Å²) in [4.78, 5) is 22.6. The molecule has 0 aliphatic rings. The normalized spacial score (nSPS) is 14.0. The van der Waals surface area contributed by atoms with Gasteiger partial charge in [0, 0.05) is 13.0 Å². The van der Waals surface area contributed by atoms with Gasteiger partial charge in [-0.3, -0.25) is 13.8 Å². The molecular formula is C41H83NO7P+. The van der Waals surface area contributed by atoms with Gasteiger partial charge in [0.15, 0.2) is 0 Å². The van der Waals surface area contributed by atoms with Gasteiger partial charge in [-0.2, -0.15) is 0 Å². The van der Waals surface area contributed by atoms with Crippen molar-refractivity contribution in [3.63, 3.8) is 0 Å². The molecular weight excluding hydrogens is 649 g/mol. The number of carbonyl (C=O) groups excluding carboxylic acids is 1. The summed E-state index contributed by atoms with van der Waals surface area (Å²) >= 11 is 0. The fourth-order valence-corrected chi connectivity index (χ4v) is 6.52. The Labute approximate surface area is 310 Å². The molecule has 2 unspecified atom stereocenters. The average molecular weight is 733 g/mol. The molecule has 0 aromatic carbocycles. The molecule has 0 radical (unpaired) electrons. The van der Waals surface area contributed by atoms with Crippen LogP contribution in [0.25, 0.3) is 0 Å². The number of rotatable bonds is 39. The van der Waals surface area contributed by atoms with Crippen LogP contribution < -0.4 is 0 Å². The van der Waals surface area contributed by atoms with Crippen LogP contribution >= 0.6 is 7.82 Å². The van der Waals surface area contributed by atoms with E-state index in [1.807, 2.05) is 21.1 Å². The first-order valence-corrected chi connectivity index (χ1v) is 22.4. The van der Waals surface area contributed by atoms with Crippen molar-refractivity contribution in [1.82, 2.24) is 0 Å². The van der Waals surface area contributed by atoms with Gasteiger partial charge in [-0.05, 0) is 38.5 Å². The van der Waals surface area contributed by atoms with Crippen molar-refractivity contribution in [2.45, 2.75) is 193 Å². The SMILES string of the molecule is CCCCCCCCCC/C=C\CCCCCCCCCCCCOCC(COP(=O)(O)OCC[N+](C)(C)C)OC(=O)CCCCCCCC. The summed E-state index contributed by atoms with van der Waals surface area (Å²) < 4.78 is 34.7. The Morgan fingerprint density at radius 3 is 1.52 bits per heavy atom. The van der Waals surface area contributed by atoms with Gasteiger partial charge >= 0.3 is 13.8 Å². The number of allylic oxidation sites excluding steroid dienone is 2. The third kappa shape index (κ3) is 38.5. The molecule has 1 N–H and O–H groups in total. The highest BCUT2D eigenvalue weighted by molar-refractivity contribution is 7.47. The maximum absolute atomic E-state index is 12.5. The van der Waals surface area contributed by atoms with E-state index in [-0.39, 0.29) is 25.8 Å². The molecule has 0 aromatic heterocycles. The molecule has 50 heavy (non-hydrogen) atoms. The van der Waals surface area contributed by atoms with Gasteiger partial charge in [0.1, 0.15) is 19.3 Å². The highest BCUT2D eigenvalue weighted by Crippen LogP contribution is 2.43. The van der Waals surface area contributed by atoms with Gasteiger partial charge in [0.2, 0.25) is 0 Å². The van der Waals surface area contributed by atoms with Crippen LogP contribution in [0.1, 0.15) is 187 Å². The number of quaternary nitrogens is 1. The van der Waals surface area contributed by atoms with E-state index < -0.39 is 13.9 Å². The molecule has 0 heterocycles. The lowest BCUT2D eigenvalue weighted by Gasteiger charge is -2.24. The smallest absolute Gasteiger partial charge is 0.457 e. The summed E-state index contributed by atoms with van der Waals surface area (Å²) in [5, 5.41) is 0. The number of likely N-dealkylation sites (N-methyl/N-ethyl adjacent to an activating group) is 1. The number of carbonyl (C=O) groups is 1. The second-order valence-corrected chi connectivity index (χ2v) is 16.8. The first-order chi connectivity index (χ1) is 24.1. The van der Waals surface area contributed by atoms with Gasteiger partial charge in [0.25, 0.3) is 0 Å². The van der Waals surface area contributed by atoms with Gasteiger partial charge in [0.05, 0.1) is 34.4 Å². The Bertz CT molecular complexity index is 817. The van der Waals surface area contributed by atoms with E-state index in [0.717, 1.165) is 32.1 Å². The summed E-state index contributed by atoms with van der Waals surface area (Å²) in [6, 6.07) is 0. The number of unbranched alkanes of at least 4 members (excludes halogenated alkanes) is 23. The molecule has 9 heteroatoms. The molecule has 0 saturated carbocycles. The van der Waals surface area contributed by atoms with Crippen molar-refractivity contribution in [2.75, 3.05) is 54.1 Å². The molecule has 0 aromatic rings. The van der Waals surface area contributed by atoms with Crippen LogP contribution in [-0.2, 0) is 27.9 Å². The molecule has 0 aliphatic heterocycles. The number of nitrogens with zero attached hydrogens (tertiary/aromatic N) is 1. The summed E-state index contributed by atoms with van der Waals surface area (Å²) in [7, 11) is 1.67. The fraction of sp³-hybridized carbons (Fsp3) is 0.927. The number of hydrogen-bond acceptors (Lipinski definition) is 6. The standard InChI is InChI=1S/C41H82NO7P/c1-6-8-10-12-14-15-16-17-18-19-20-21-22-23-24-25-26-27-28-29-31-33-36-46-38-40(49-41(43)34-32-30-13-11-9-7-2)39-48-50(44,45)47-37-35-42(3,4)5/h19-20,40H,6-18,21-39H2,1-5H3/p+1/b20-19-. The van der Waals surface area contributed by atoms with E-state index in [4.69, 9.17) is 18.5 Å². The van der Waals surface area contributed by atoms with Crippen LogP contribution in [0.3, 0.4) is 0 Å². The second kappa shape index (κ2) is 35.3. The van der Waals surface area contributed by atoms with Gasteiger partial charge in [-0.25, -0.2) is 4.57 Å². The first kappa shape index (κ1) is 49.2. The largest absolute Gasteiger partial charge is 0.472 e. The fourth-order valence-electron chi connectivity index (χ4n) is 5.78. The molecule has 0 rings (SSSR count). The van der Waals surface area contributed by atoms with E-state index in [2.05, 4.69) is 26.0 Å². The van der Waals surface area contributed by atoms with Crippen molar-refractivity contribution in [1.29, 1.82) is 0 Å². The van der Waals surface area contributed by atoms with Gasteiger partial charge < -0.3 is 18.9 Å². The van der Waals surface area contributed by atoms with Crippen molar-refractivity contribution in [3.05, 3.63) is 12.2 Å². The van der Waals surface area contributed by atoms with Crippen LogP contribution in [0.2, 0.25) is 0 Å². The maximum Gasteiger partial charge on any atom is 0.472 e. The summed E-state index contributed by atoms with van der Waals surface area (Å²) in [5.41, 5.74) is 0. The summed E-state index contributed by atoms with van der Waals surface area (Å²) in [6.45, 7) is 5.58. The van der Waals surface area contributed by atoms with Crippen molar-refractivity contribution in [2.24, 2.45) is 0 Å². The van der Waals surface area contributed by atoms with Gasteiger partial charge in [-0.15, -0.1) is 0 Å². The molecule has 298 valence electrons. The van der Waals surface area contributed by atoms with Crippen molar-refractivity contribution >= 4 is 13.8 Å². The van der Waals surface area contributed by atoms with E-state index in [1.54, 1.807) is 0 Å². The molecule has 0 spiro atoms. The van der Waals surface area contributed by atoms with Crippen LogP contribution in [-0.4, -0.2) is 75.6 Å². The van der Waals surface area contributed by atoms with Crippen LogP contribution in [0.15, 0.2) is 12.2 Å². The van der Waals surface area contributed by atoms with E-state index in [9.17, 15) is 14.3 Å². The zero-order chi connectivity index (χ0) is 37.0. The minimum atomic E-state index is -4.26. The summed E-state index contributed by atoms with van der Waals surface area (Å²) in [6.07, 6.45) is 37.0. The predicted octanol–water partition coefficient (Wildman–Crippen LogP) is 11.9. The van der Waals surface area contributed by atoms with Crippen LogP contribution in [0.5, 0.6) is 0 Å². The third-order valence-corrected chi connectivity index (χ3v) is 10.1. The Hall–Kier alpha value is -0.760. The number of phosphoric acid groups is 1. The highest BCUT2D eigenvalue weighted by atomic mass is 31.2. The number of ether oxygens (including phenoxy) is 2. The van der Waals surface area contributed by atoms with Crippen LogP contribution in [0, 0.1) is 0 Å². The Balaban J connectivity index is 3.99. The number of hydrogen-bond donors (Lipinski definition) is 1. The predicted molar refractivity (Wildman–Crippen MR) is 210 cm³/mol. The average Bonchev–Trinajstić information content (AvgIpc) is 3.06. The molecule has 0 amide bonds. The molecule has 8 nitrogen and oxygen atoms in total. The minimum absolute atomic E-state index is 0.0909. The lowest BCUT2D eigenvalue weighted by Crippen LogP contribution is -2.37. The lowest BCUT2D eigenvalue weighted by atomic mass is 10.1. The molecule has 0 aliphatic carbocycles. The molecule has 0 bridgehead atoms. The second-order valence-electron chi connectivity index (χ2n) is 15.4. The Morgan fingerprint density at radius 2 is 1.04 bits per heavy atom. The Morgan fingerprint density at radius 1 is 0.600 bits per heavy atom. The first-order valence-electron chi connectivity index (χ1n) is 20.9. The molecule has 2 atom stereocenters. The number of esters is 1. The topological polar surface area (TPSA) is 91.3 Å². The summed E-state index contributed by atoms with van der Waals surface area (Å²) in [5.74, 6) is -0.322. The zero-order valence-electron chi connectivity index (χ0n) is 33.7. The minimum Gasteiger partial charge on any atom is -0.457 e. The van der Waals surface area contributed by atoms with Crippen molar-refractivity contribution in [3.8, 4) is 0 Å². The quantitative estimate of drug-likeness (QED) is 0.0221. The van der Waals surface area contributed by atoms with E-state index in [1.165, 1.54) is 135 Å². The number of phosphoric ester groups is 1. The molecule has 0 saturated heterocycles. The van der Waals surface area contributed by atoms with Crippen LogP contribution in [0.4, 0.5) is 0 Å². The lowest BCUT2D eigenvalue weighted by molar-refractivity contribution is -0.870. The maximum atomic E-state index is 12.5. The Kier molecular flexibility index (Phi) is 34.7. The van der Waals surface area contributed by atoms with Crippen molar-refractivity contribution < 1.29 is 37.3 Å². The highest BCUT2D eigenvalue weighted by Gasteiger charge is 2.26.